The normalized spacial score (nSPS) is 15.8. The molecule has 0 spiro atoms. The summed E-state index contributed by atoms with van der Waals surface area (Å²) in [5.41, 5.74) is 0.451. The molecule has 0 unspecified atom stereocenters. The van der Waals surface area contributed by atoms with E-state index in [-0.39, 0.29) is 10.8 Å². The Kier molecular flexibility index (Phi) is 8.65. The van der Waals surface area contributed by atoms with Crippen LogP contribution in [0, 0.1) is 0 Å². The van der Waals surface area contributed by atoms with Crippen molar-refractivity contribution in [2.24, 2.45) is 0 Å². The van der Waals surface area contributed by atoms with Crippen LogP contribution in [0.3, 0.4) is 0 Å². The molecule has 0 saturated carbocycles. The Morgan fingerprint density at radius 3 is 2.44 bits per heavy atom. The number of sulfonamides is 1. The van der Waals surface area contributed by atoms with E-state index in [1.807, 2.05) is 14.1 Å². The first-order valence-electron chi connectivity index (χ1n) is 9.21. The number of morpholine rings is 1. The SMILES string of the molecule is CN(C)CCCNC(=O)c1ccc(S(=O)(=O)NCCN2CCOCC2)cc1. The molecule has 1 heterocycles. The Morgan fingerprint density at radius 1 is 1.15 bits per heavy atom. The molecule has 1 fully saturated rings. The summed E-state index contributed by atoms with van der Waals surface area (Å²) in [5.74, 6) is -0.196. The quantitative estimate of drug-likeness (QED) is 0.538. The minimum Gasteiger partial charge on any atom is -0.379 e. The van der Waals surface area contributed by atoms with Gasteiger partial charge < -0.3 is 15.0 Å². The van der Waals surface area contributed by atoms with Gasteiger partial charge in [0.1, 0.15) is 0 Å². The summed E-state index contributed by atoms with van der Waals surface area (Å²) in [6, 6.07) is 6.01. The van der Waals surface area contributed by atoms with Crippen LogP contribution in [0.15, 0.2) is 29.2 Å². The summed E-state index contributed by atoms with van der Waals surface area (Å²) in [5, 5.41) is 2.84. The third-order valence-corrected chi connectivity index (χ3v) is 5.80. The van der Waals surface area contributed by atoms with Gasteiger partial charge >= 0.3 is 0 Å². The summed E-state index contributed by atoms with van der Waals surface area (Å²) >= 11 is 0. The second kappa shape index (κ2) is 10.7. The zero-order valence-corrected chi connectivity index (χ0v) is 16.9. The standard InChI is InChI=1S/C18H30N4O4S/c1-21(2)10-3-8-19-18(23)16-4-6-17(7-5-16)27(24,25)20-9-11-22-12-14-26-15-13-22/h4-7,20H,3,8-15H2,1-2H3,(H,19,23). The highest BCUT2D eigenvalue weighted by atomic mass is 32.2. The van der Waals surface area contributed by atoms with E-state index in [1.165, 1.54) is 24.3 Å². The van der Waals surface area contributed by atoms with Crippen molar-refractivity contribution in [2.45, 2.75) is 11.3 Å². The zero-order valence-electron chi connectivity index (χ0n) is 16.1. The highest BCUT2D eigenvalue weighted by molar-refractivity contribution is 7.89. The molecule has 1 aromatic carbocycles. The van der Waals surface area contributed by atoms with Crippen LogP contribution in [0.25, 0.3) is 0 Å². The molecule has 1 aliphatic heterocycles. The molecule has 27 heavy (non-hydrogen) atoms. The van der Waals surface area contributed by atoms with Crippen molar-refractivity contribution in [3.05, 3.63) is 29.8 Å². The fourth-order valence-electron chi connectivity index (χ4n) is 2.73. The molecule has 0 aliphatic carbocycles. The van der Waals surface area contributed by atoms with Gasteiger partial charge in [-0.3, -0.25) is 9.69 Å². The number of benzene rings is 1. The maximum atomic E-state index is 12.4. The third kappa shape index (κ3) is 7.55. The zero-order chi connectivity index (χ0) is 19.7. The van der Waals surface area contributed by atoms with Crippen molar-refractivity contribution in [3.63, 3.8) is 0 Å². The highest BCUT2D eigenvalue weighted by Gasteiger charge is 2.16. The summed E-state index contributed by atoms with van der Waals surface area (Å²) in [6.07, 6.45) is 0.859. The van der Waals surface area contributed by atoms with Crippen LogP contribution in [0.5, 0.6) is 0 Å². The van der Waals surface area contributed by atoms with E-state index in [2.05, 4.69) is 19.8 Å². The van der Waals surface area contributed by atoms with Gasteiger partial charge in [0, 0.05) is 38.3 Å². The summed E-state index contributed by atoms with van der Waals surface area (Å²) < 4.78 is 32.6. The van der Waals surface area contributed by atoms with Crippen molar-refractivity contribution in [2.75, 3.05) is 66.6 Å². The molecule has 0 aromatic heterocycles. The van der Waals surface area contributed by atoms with Crippen molar-refractivity contribution in [3.8, 4) is 0 Å². The van der Waals surface area contributed by atoms with E-state index in [0.717, 1.165) is 26.1 Å². The van der Waals surface area contributed by atoms with Gasteiger partial charge in [-0.05, 0) is 51.3 Å². The number of nitrogens with zero attached hydrogens (tertiary/aromatic N) is 2. The monoisotopic (exact) mass is 398 g/mol. The van der Waals surface area contributed by atoms with E-state index >= 15 is 0 Å². The summed E-state index contributed by atoms with van der Waals surface area (Å²) in [4.78, 5) is 16.5. The Hall–Kier alpha value is -1.52. The number of carbonyl (C=O) groups is 1. The van der Waals surface area contributed by atoms with Crippen molar-refractivity contribution in [1.29, 1.82) is 0 Å². The van der Waals surface area contributed by atoms with Crippen LogP contribution >= 0.6 is 0 Å². The number of hydrogen-bond acceptors (Lipinski definition) is 6. The Bertz CT molecular complexity index is 686. The number of amides is 1. The van der Waals surface area contributed by atoms with E-state index in [0.29, 0.717) is 38.4 Å². The molecule has 2 rings (SSSR count). The molecule has 9 heteroatoms. The Labute approximate surface area is 161 Å². The molecule has 8 nitrogen and oxygen atoms in total. The lowest BCUT2D eigenvalue weighted by atomic mass is 10.2. The molecular weight excluding hydrogens is 368 g/mol. The number of rotatable bonds is 10. The van der Waals surface area contributed by atoms with Crippen molar-refractivity contribution in [1.82, 2.24) is 19.8 Å². The summed E-state index contributed by atoms with van der Waals surface area (Å²) in [7, 11) is 0.385. The summed E-state index contributed by atoms with van der Waals surface area (Å²) in [6.45, 7) is 5.48. The Morgan fingerprint density at radius 2 is 1.81 bits per heavy atom. The fraction of sp³-hybridized carbons (Fsp3) is 0.611. The molecule has 1 aliphatic rings. The Balaban J connectivity index is 1.80. The van der Waals surface area contributed by atoms with Gasteiger partial charge in [0.25, 0.3) is 5.91 Å². The second-order valence-electron chi connectivity index (χ2n) is 6.79. The molecule has 0 atom stereocenters. The van der Waals surface area contributed by atoms with Crippen LogP contribution in [-0.2, 0) is 14.8 Å². The molecule has 1 amide bonds. The molecule has 0 bridgehead atoms. The van der Waals surface area contributed by atoms with E-state index in [1.54, 1.807) is 0 Å². The lowest BCUT2D eigenvalue weighted by Gasteiger charge is -2.26. The number of hydrogen-bond donors (Lipinski definition) is 2. The average Bonchev–Trinajstić information content (AvgIpc) is 2.66. The highest BCUT2D eigenvalue weighted by Crippen LogP contribution is 2.10. The van der Waals surface area contributed by atoms with Gasteiger partial charge in [0.05, 0.1) is 18.1 Å². The van der Waals surface area contributed by atoms with Crippen LogP contribution in [-0.4, -0.2) is 90.7 Å². The van der Waals surface area contributed by atoms with Gasteiger partial charge in [0.15, 0.2) is 0 Å². The maximum absolute atomic E-state index is 12.4. The lowest BCUT2D eigenvalue weighted by molar-refractivity contribution is 0.0390. The smallest absolute Gasteiger partial charge is 0.251 e. The molecule has 1 aromatic rings. The third-order valence-electron chi connectivity index (χ3n) is 4.32. The van der Waals surface area contributed by atoms with Crippen LogP contribution in [0.4, 0.5) is 0 Å². The van der Waals surface area contributed by atoms with E-state index < -0.39 is 10.0 Å². The first-order chi connectivity index (χ1) is 12.9. The largest absolute Gasteiger partial charge is 0.379 e. The molecule has 1 saturated heterocycles. The van der Waals surface area contributed by atoms with Crippen molar-refractivity contribution >= 4 is 15.9 Å². The maximum Gasteiger partial charge on any atom is 0.251 e. The molecular formula is C18H30N4O4S. The second-order valence-corrected chi connectivity index (χ2v) is 8.56. The van der Waals surface area contributed by atoms with Crippen LogP contribution in [0.2, 0.25) is 0 Å². The predicted molar refractivity (Wildman–Crippen MR) is 104 cm³/mol. The van der Waals surface area contributed by atoms with Crippen LogP contribution in [0.1, 0.15) is 16.8 Å². The minimum atomic E-state index is -3.58. The minimum absolute atomic E-state index is 0.161. The van der Waals surface area contributed by atoms with Gasteiger partial charge in [-0.25, -0.2) is 13.1 Å². The number of ether oxygens (including phenoxy) is 1. The topological polar surface area (TPSA) is 91.0 Å². The van der Waals surface area contributed by atoms with E-state index in [9.17, 15) is 13.2 Å². The molecule has 152 valence electrons. The van der Waals surface area contributed by atoms with Gasteiger partial charge in [-0.1, -0.05) is 0 Å². The lowest BCUT2D eigenvalue weighted by Crippen LogP contribution is -2.41. The molecule has 0 radical (unpaired) electrons. The molecule has 2 N–H and O–H groups in total. The first-order valence-corrected chi connectivity index (χ1v) is 10.7. The van der Waals surface area contributed by atoms with E-state index in [4.69, 9.17) is 4.74 Å². The van der Waals surface area contributed by atoms with Gasteiger partial charge in [0.2, 0.25) is 10.0 Å². The fourth-order valence-corrected chi connectivity index (χ4v) is 3.75. The van der Waals surface area contributed by atoms with Crippen LogP contribution < -0.4 is 10.0 Å². The predicted octanol–water partition coefficient (Wildman–Crippen LogP) is -0.0214. The number of carbonyl (C=O) groups excluding carboxylic acids is 1. The number of nitrogens with one attached hydrogen (secondary N) is 2. The van der Waals surface area contributed by atoms with Gasteiger partial charge in [-0.15, -0.1) is 0 Å². The van der Waals surface area contributed by atoms with Crippen molar-refractivity contribution < 1.29 is 17.9 Å². The van der Waals surface area contributed by atoms with Gasteiger partial charge in [-0.2, -0.15) is 0 Å². The first kappa shape index (κ1) is 21.8. The average molecular weight is 399 g/mol.